The number of nitrogens with zero attached hydrogens (tertiary/aromatic N) is 2. The first-order valence-corrected chi connectivity index (χ1v) is 9.08. The van der Waals surface area contributed by atoms with Gasteiger partial charge in [-0.3, -0.25) is 14.6 Å². The van der Waals surface area contributed by atoms with E-state index in [1.54, 1.807) is 36.4 Å². The van der Waals surface area contributed by atoms with Crippen LogP contribution in [0.3, 0.4) is 0 Å². The molecule has 0 aliphatic carbocycles. The van der Waals surface area contributed by atoms with Gasteiger partial charge in [-0.05, 0) is 48.7 Å². The molecule has 0 spiro atoms. The summed E-state index contributed by atoms with van der Waals surface area (Å²) in [6, 6.07) is 8.66. The number of esters is 1. The summed E-state index contributed by atoms with van der Waals surface area (Å²) in [7, 11) is 0. The third kappa shape index (κ3) is 4.85. The van der Waals surface area contributed by atoms with Gasteiger partial charge in [-0.15, -0.1) is 0 Å². The first-order valence-electron chi connectivity index (χ1n) is 9.08. The molecule has 2 heterocycles. The molecule has 0 saturated carbocycles. The molecule has 1 aromatic heterocycles. The van der Waals surface area contributed by atoms with Gasteiger partial charge in [0.1, 0.15) is 6.54 Å². The average Bonchev–Trinajstić information content (AvgIpc) is 2.72. The summed E-state index contributed by atoms with van der Waals surface area (Å²) in [5.41, 5.74) is 3.28. The molecule has 1 aromatic carbocycles. The molecular weight excluding hydrogens is 360 g/mol. The van der Waals surface area contributed by atoms with Crippen molar-refractivity contribution < 1.29 is 19.1 Å². The SMILES string of the molecule is CCOC(=O)CNC(=O)N1CCc2ccc(NC(=O)c3ccncc3)cc2C1. The zero-order valence-electron chi connectivity index (χ0n) is 15.6. The van der Waals surface area contributed by atoms with Crippen LogP contribution in [0, 0.1) is 0 Å². The Morgan fingerprint density at radius 1 is 1.14 bits per heavy atom. The Labute approximate surface area is 162 Å². The molecule has 0 bridgehead atoms. The second kappa shape index (κ2) is 8.98. The maximum atomic E-state index is 12.3. The van der Waals surface area contributed by atoms with Crippen molar-refractivity contribution >= 4 is 23.6 Å². The first-order chi connectivity index (χ1) is 13.6. The van der Waals surface area contributed by atoms with Gasteiger partial charge in [0.15, 0.2) is 0 Å². The van der Waals surface area contributed by atoms with Gasteiger partial charge < -0.3 is 20.3 Å². The molecule has 3 amide bonds. The van der Waals surface area contributed by atoms with E-state index < -0.39 is 5.97 Å². The maximum Gasteiger partial charge on any atom is 0.325 e. The standard InChI is InChI=1S/C20H22N4O4/c1-2-28-18(25)12-22-20(27)24-10-7-14-3-4-17(11-16(14)13-24)23-19(26)15-5-8-21-9-6-15/h3-6,8-9,11H,2,7,10,12-13H2,1H3,(H,22,27)(H,23,26). The molecule has 2 N–H and O–H groups in total. The van der Waals surface area contributed by atoms with E-state index in [9.17, 15) is 14.4 Å². The molecule has 8 heteroatoms. The lowest BCUT2D eigenvalue weighted by atomic mass is 9.99. The van der Waals surface area contributed by atoms with E-state index in [0.717, 1.165) is 11.1 Å². The average molecular weight is 382 g/mol. The van der Waals surface area contributed by atoms with Crippen LogP contribution < -0.4 is 10.6 Å². The number of fused-ring (bicyclic) bond motifs is 1. The number of pyridine rings is 1. The number of anilines is 1. The Kier molecular flexibility index (Phi) is 6.21. The lowest BCUT2D eigenvalue weighted by Crippen LogP contribution is -2.44. The molecule has 2 aromatic rings. The number of urea groups is 1. The molecule has 1 aliphatic heterocycles. The highest BCUT2D eigenvalue weighted by atomic mass is 16.5. The highest BCUT2D eigenvalue weighted by Gasteiger charge is 2.21. The minimum atomic E-state index is -0.464. The fraction of sp³-hybridized carbons (Fsp3) is 0.300. The van der Waals surface area contributed by atoms with Crippen molar-refractivity contribution in [2.24, 2.45) is 0 Å². The summed E-state index contributed by atoms with van der Waals surface area (Å²) in [5, 5.41) is 5.43. The second-order valence-corrected chi connectivity index (χ2v) is 6.31. The number of rotatable bonds is 5. The number of hydrogen-bond acceptors (Lipinski definition) is 5. The van der Waals surface area contributed by atoms with Crippen molar-refractivity contribution in [1.82, 2.24) is 15.2 Å². The summed E-state index contributed by atoms with van der Waals surface area (Å²) < 4.78 is 4.81. The van der Waals surface area contributed by atoms with Crippen LogP contribution in [0.1, 0.15) is 28.4 Å². The van der Waals surface area contributed by atoms with Crippen LogP contribution in [0.2, 0.25) is 0 Å². The Hall–Kier alpha value is -3.42. The maximum absolute atomic E-state index is 12.3. The predicted molar refractivity (Wildman–Crippen MR) is 103 cm³/mol. The monoisotopic (exact) mass is 382 g/mol. The number of ether oxygens (including phenoxy) is 1. The van der Waals surface area contributed by atoms with Gasteiger partial charge in [-0.2, -0.15) is 0 Å². The quantitative estimate of drug-likeness (QED) is 0.770. The van der Waals surface area contributed by atoms with Crippen LogP contribution in [0.5, 0.6) is 0 Å². The number of benzene rings is 1. The lowest BCUT2D eigenvalue weighted by molar-refractivity contribution is -0.141. The summed E-state index contributed by atoms with van der Waals surface area (Å²) in [5.74, 6) is -0.684. The third-order valence-corrected chi connectivity index (χ3v) is 4.40. The molecule has 0 unspecified atom stereocenters. The fourth-order valence-corrected chi connectivity index (χ4v) is 2.99. The van der Waals surface area contributed by atoms with Gasteiger partial charge in [-0.1, -0.05) is 6.07 Å². The van der Waals surface area contributed by atoms with Crippen molar-refractivity contribution in [2.45, 2.75) is 19.9 Å². The number of nitrogens with one attached hydrogen (secondary N) is 2. The number of carbonyl (C=O) groups is 3. The van der Waals surface area contributed by atoms with Gasteiger partial charge in [-0.25, -0.2) is 4.79 Å². The van der Waals surface area contributed by atoms with Crippen LogP contribution in [0.15, 0.2) is 42.7 Å². The van der Waals surface area contributed by atoms with Crippen LogP contribution >= 0.6 is 0 Å². The van der Waals surface area contributed by atoms with Crippen LogP contribution in [0.4, 0.5) is 10.5 Å². The normalized spacial score (nSPS) is 12.7. The highest BCUT2D eigenvalue weighted by molar-refractivity contribution is 6.04. The van der Waals surface area contributed by atoms with E-state index in [1.807, 2.05) is 18.2 Å². The van der Waals surface area contributed by atoms with Gasteiger partial charge in [0.05, 0.1) is 6.61 Å². The van der Waals surface area contributed by atoms with E-state index in [1.165, 1.54) is 0 Å². The number of aromatic nitrogens is 1. The van der Waals surface area contributed by atoms with Crippen molar-refractivity contribution in [1.29, 1.82) is 0 Å². The summed E-state index contributed by atoms with van der Waals surface area (Å²) >= 11 is 0. The Balaban J connectivity index is 1.62. The molecule has 0 fully saturated rings. The minimum Gasteiger partial charge on any atom is -0.465 e. The van der Waals surface area contributed by atoms with E-state index in [4.69, 9.17) is 4.74 Å². The van der Waals surface area contributed by atoms with Crippen LogP contribution in [0.25, 0.3) is 0 Å². The molecular formula is C20H22N4O4. The summed E-state index contributed by atoms with van der Waals surface area (Å²) in [4.78, 5) is 41.5. The highest BCUT2D eigenvalue weighted by Crippen LogP contribution is 2.23. The smallest absolute Gasteiger partial charge is 0.325 e. The number of hydrogen-bond donors (Lipinski definition) is 2. The molecule has 146 valence electrons. The first kappa shape index (κ1) is 19.3. The minimum absolute atomic E-state index is 0.155. The van der Waals surface area contributed by atoms with Crippen molar-refractivity contribution in [3.05, 3.63) is 59.4 Å². The zero-order valence-corrected chi connectivity index (χ0v) is 15.6. The van der Waals surface area contributed by atoms with Gasteiger partial charge in [0.25, 0.3) is 5.91 Å². The second-order valence-electron chi connectivity index (χ2n) is 6.31. The summed E-state index contributed by atoms with van der Waals surface area (Å²) in [6.07, 6.45) is 3.84. The van der Waals surface area contributed by atoms with Crippen molar-refractivity contribution in [2.75, 3.05) is 25.0 Å². The Bertz CT molecular complexity index is 870. The largest absolute Gasteiger partial charge is 0.465 e. The van der Waals surface area contributed by atoms with Crippen LogP contribution in [-0.4, -0.2) is 47.5 Å². The van der Waals surface area contributed by atoms with Gasteiger partial charge in [0.2, 0.25) is 0 Å². The molecule has 0 radical (unpaired) electrons. The van der Waals surface area contributed by atoms with Crippen molar-refractivity contribution in [3.8, 4) is 0 Å². The zero-order chi connectivity index (χ0) is 19.9. The molecule has 28 heavy (non-hydrogen) atoms. The number of amides is 3. The van der Waals surface area contributed by atoms with Crippen LogP contribution in [-0.2, 0) is 22.5 Å². The fourth-order valence-electron chi connectivity index (χ4n) is 2.99. The van der Waals surface area contributed by atoms with E-state index in [0.29, 0.717) is 30.8 Å². The number of carbonyl (C=O) groups excluding carboxylic acids is 3. The van der Waals surface area contributed by atoms with Crippen molar-refractivity contribution in [3.63, 3.8) is 0 Å². The topological polar surface area (TPSA) is 101 Å². The molecule has 3 rings (SSSR count). The van der Waals surface area contributed by atoms with E-state index >= 15 is 0 Å². The Morgan fingerprint density at radius 3 is 2.68 bits per heavy atom. The van der Waals surface area contributed by atoms with Gasteiger partial charge in [0, 0.05) is 36.7 Å². The van der Waals surface area contributed by atoms with E-state index in [-0.39, 0.29) is 25.1 Å². The molecule has 0 saturated heterocycles. The molecule has 8 nitrogen and oxygen atoms in total. The third-order valence-electron chi connectivity index (χ3n) is 4.40. The lowest BCUT2D eigenvalue weighted by Gasteiger charge is -2.29. The molecule has 1 aliphatic rings. The Morgan fingerprint density at radius 2 is 1.93 bits per heavy atom. The summed E-state index contributed by atoms with van der Waals surface area (Å²) in [6.45, 7) is 2.80. The van der Waals surface area contributed by atoms with E-state index in [2.05, 4.69) is 15.6 Å². The van der Waals surface area contributed by atoms with Gasteiger partial charge >= 0.3 is 12.0 Å². The predicted octanol–water partition coefficient (Wildman–Crippen LogP) is 1.96. The molecule has 0 atom stereocenters.